The Bertz CT molecular complexity index is 1010. The van der Waals surface area contributed by atoms with Gasteiger partial charge in [-0.25, -0.2) is 0 Å². The number of amides is 1. The highest BCUT2D eigenvalue weighted by Gasteiger charge is 2.17. The monoisotopic (exact) mass is 439 g/mol. The average molecular weight is 440 g/mol. The summed E-state index contributed by atoms with van der Waals surface area (Å²) >= 11 is 5.91. The zero-order valence-electron chi connectivity index (χ0n) is 17.6. The molecule has 2 aromatic carbocycles. The number of carbonyl (C=O) groups is 1. The van der Waals surface area contributed by atoms with E-state index in [4.69, 9.17) is 16.1 Å². The molecule has 1 saturated heterocycles. The number of rotatable bonds is 7. The van der Waals surface area contributed by atoms with Crippen LogP contribution in [0.5, 0.6) is 0 Å². The Balaban J connectivity index is 1.29. The molecule has 8 heteroatoms. The van der Waals surface area contributed by atoms with Crippen LogP contribution in [-0.4, -0.2) is 54.2 Å². The second-order valence-electron chi connectivity index (χ2n) is 7.71. The summed E-state index contributed by atoms with van der Waals surface area (Å²) in [4.78, 5) is 21.5. The van der Waals surface area contributed by atoms with E-state index in [2.05, 4.69) is 44.4 Å². The molecule has 31 heavy (non-hydrogen) atoms. The van der Waals surface area contributed by atoms with E-state index < -0.39 is 0 Å². The van der Waals surface area contributed by atoms with E-state index in [1.54, 1.807) is 12.1 Å². The third-order valence-electron chi connectivity index (χ3n) is 5.45. The molecule has 0 radical (unpaired) electrons. The Morgan fingerprint density at radius 3 is 2.61 bits per heavy atom. The lowest BCUT2D eigenvalue weighted by Gasteiger charge is -2.35. The van der Waals surface area contributed by atoms with Gasteiger partial charge in [0.15, 0.2) is 0 Å². The lowest BCUT2D eigenvalue weighted by Crippen LogP contribution is -2.45. The molecule has 0 bridgehead atoms. The fraction of sp³-hybridized carbons (Fsp3) is 0.348. The predicted molar refractivity (Wildman–Crippen MR) is 121 cm³/mol. The van der Waals surface area contributed by atoms with Crippen LogP contribution in [0.25, 0.3) is 11.4 Å². The summed E-state index contributed by atoms with van der Waals surface area (Å²) in [6, 6.07) is 15.5. The van der Waals surface area contributed by atoms with E-state index in [0.717, 1.165) is 37.3 Å². The van der Waals surface area contributed by atoms with Gasteiger partial charge in [-0.3, -0.25) is 4.79 Å². The quantitative estimate of drug-likeness (QED) is 0.608. The van der Waals surface area contributed by atoms with E-state index in [1.807, 2.05) is 24.3 Å². The molecule has 2 heterocycles. The number of hydrogen-bond acceptors (Lipinski definition) is 6. The molecule has 7 nitrogen and oxygen atoms in total. The van der Waals surface area contributed by atoms with Gasteiger partial charge in [0.2, 0.25) is 17.6 Å². The molecule has 1 aromatic heterocycles. The maximum Gasteiger partial charge on any atom is 0.227 e. The SMILES string of the molecule is CN1CCN(c2ccccc2CNC(=O)CCc2nc(-c3ccc(Cl)cc3)no2)CC1. The van der Waals surface area contributed by atoms with Crippen molar-refractivity contribution in [2.75, 3.05) is 38.1 Å². The molecule has 1 fully saturated rings. The number of benzene rings is 2. The molecule has 1 amide bonds. The van der Waals surface area contributed by atoms with E-state index in [1.165, 1.54) is 5.69 Å². The van der Waals surface area contributed by atoms with Gasteiger partial charge in [0, 0.05) is 61.8 Å². The lowest BCUT2D eigenvalue weighted by atomic mass is 10.1. The summed E-state index contributed by atoms with van der Waals surface area (Å²) in [5, 5.41) is 7.66. The zero-order chi connectivity index (χ0) is 21.6. The third-order valence-corrected chi connectivity index (χ3v) is 5.70. The van der Waals surface area contributed by atoms with Crippen LogP contribution in [0.1, 0.15) is 17.9 Å². The summed E-state index contributed by atoms with van der Waals surface area (Å²) in [5.41, 5.74) is 3.15. The van der Waals surface area contributed by atoms with Crippen LogP contribution in [0.15, 0.2) is 53.1 Å². The number of nitrogens with zero attached hydrogens (tertiary/aromatic N) is 4. The van der Waals surface area contributed by atoms with Gasteiger partial charge in [0.05, 0.1) is 0 Å². The van der Waals surface area contributed by atoms with Gasteiger partial charge in [0.1, 0.15) is 0 Å². The number of halogens is 1. The number of hydrogen-bond donors (Lipinski definition) is 1. The van der Waals surface area contributed by atoms with Gasteiger partial charge in [-0.1, -0.05) is 35.0 Å². The average Bonchev–Trinajstić information content (AvgIpc) is 3.27. The molecule has 1 aliphatic heterocycles. The minimum Gasteiger partial charge on any atom is -0.369 e. The predicted octanol–water partition coefficient (Wildman–Crippen LogP) is 3.39. The van der Waals surface area contributed by atoms with Crippen LogP contribution in [0, 0.1) is 0 Å². The number of nitrogens with one attached hydrogen (secondary N) is 1. The lowest BCUT2D eigenvalue weighted by molar-refractivity contribution is -0.121. The Hall–Kier alpha value is -2.90. The van der Waals surface area contributed by atoms with Crippen molar-refractivity contribution in [3.8, 4) is 11.4 Å². The zero-order valence-corrected chi connectivity index (χ0v) is 18.3. The van der Waals surface area contributed by atoms with Crippen LogP contribution in [-0.2, 0) is 17.8 Å². The first-order chi connectivity index (χ1) is 15.1. The van der Waals surface area contributed by atoms with Crippen molar-refractivity contribution in [2.24, 2.45) is 0 Å². The Morgan fingerprint density at radius 2 is 1.84 bits per heavy atom. The van der Waals surface area contributed by atoms with Gasteiger partial charge >= 0.3 is 0 Å². The first-order valence-corrected chi connectivity index (χ1v) is 10.8. The van der Waals surface area contributed by atoms with Crippen molar-refractivity contribution < 1.29 is 9.32 Å². The number of likely N-dealkylation sites (N-methyl/N-ethyl adjacent to an activating group) is 1. The van der Waals surface area contributed by atoms with Crippen molar-refractivity contribution in [1.82, 2.24) is 20.4 Å². The summed E-state index contributed by atoms with van der Waals surface area (Å²) in [7, 11) is 2.14. The topological polar surface area (TPSA) is 74.5 Å². The Morgan fingerprint density at radius 1 is 1.10 bits per heavy atom. The molecule has 0 spiro atoms. The summed E-state index contributed by atoms with van der Waals surface area (Å²) in [6.07, 6.45) is 0.686. The minimum absolute atomic E-state index is 0.0422. The fourth-order valence-electron chi connectivity index (χ4n) is 3.59. The van der Waals surface area contributed by atoms with Gasteiger partial charge in [-0.15, -0.1) is 0 Å². The smallest absolute Gasteiger partial charge is 0.227 e. The normalized spacial score (nSPS) is 14.6. The van der Waals surface area contributed by atoms with Crippen LogP contribution >= 0.6 is 11.6 Å². The summed E-state index contributed by atoms with van der Waals surface area (Å²) in [5.74, 6) is 0.894. The van der Waals surface area contributed by atoms with E-state index in [9.17, 15) is 4.79 Å². The van der Waals surface area contributed by atoms with Gasteiger partial charge in [-0.2, -0.15) is 4.98 Å². The number of anilines is 1. The maximum atomic E-state index is 12.4. The van der Waals surface area contributed by atoms with Crippen LogP contribution in [0.2, 0.25) is 5.02 Å². The maximum absolute atomic E-state index is 12.4. The first kappa shape index (κ1) is 21.3. The highest BCUT2D eigenvalue weighted by molar-refractivity contribution is 6.30. The first-order valence-electron chi connectivity index (χ1n) is 10.4. The van der Waals surface area contributed by atoms with Gasteiger partial charge < -0.3 is 19.6 Å². The highest BCUT2D eigenvalue weighted by atomic mass is 35.5. The second kappa shape index (κ2) is 9.94. The molecule has 1 N–H and O–H groups in total. The van der Waals surface area contributed by atoms with E-state index in [0.29, 0.717) is 36.1 Å². The van der Waals surface area contributed by atoms with Gasteiger partial charge in [-0.05, 0) is 42.9 Å². The second-order valence-corrected chi connectivity index (χ2v) is 8.15. The van der Waals surface area contributed by atoms with Crippen LogP contribution < -0.4 is 10.2 Å². The molecule has 0 saturated carbocycles. The number of carbonyl (C=O) groups excluding carboxylic acids is 1. The molecule has 1 aliphatic rings. The summed E-state index contributed by atoms with van der Waals surface area (Å²) < 4.78 is 5.28. The molecule has 4 rings (SSSR count). The number of para-hydroxylation sites is 1. The molecular weight excluding hydrogens is 414 g/mol. The van der Waals surface area contributed by atoms with E-state index >= 15 is 0 Å². The van der Waals surface area contributed by atoms with E-state index in [-0.39, 0.29) is 5.91 Å². The van der Waals surface area contributed by atoms with Crippen molar-refractivity contribution in [3.05, 3.63) is 65.0 Å². The number of aromatic nitrogens is 2. The fourth-order valence-corrected chi connectivity index (χ4v) is 3.72. The standard InChI is InChI=1S/C23H26ClN5O2/c1-28-12-14-29(15-13-28)20-5-3-2-4-18(20)16-25-21(30)10-11-22-26-23(27-31-22)17-6-8-19(24)9-7-17/h2-9H,10-16H2,1H3,(H,25,30). The Kier molecular flexibility index (Phi) is 6.84. The molecule has 0 unspecified atom stereocenters. The van der Waals surface area contributed by atoms with Gasteiger partial charge in [0.25, 0.3) is 0 Å². The number of aryl methyl sites for hydroxylation is 1. The van der Waals surface area contributed by atoms with Crippen molar-refractivity contribution in [2.45, 2.75) is 19.4 Å². The van der Waals surface area contributed by atoms with Crippen molar-refractivity contribution in [3.63, 3.8) is 0 Å². The molecule has 0 aliphatic carbocycles. The molecule has 0 atom stereocenters. The number of piperazine rings is 1. The van der Waals surface area contributed by atoms with Crippen molar-refractivity contribution >= 4 is 23.2 Å². The molecule has 3 aromatic rings. The van der Waals surface area contributed by atoms with Crippen molar-refractivity contribution in [1.29, 1.82) is 0 Å². The third kappa shape index (κ3) is 5.62. The van der Waals surface area contributed by atoms with Crippen LogP contribution in [0.4, 0.5) is 5.69 Å². The highest BCUT2D eigenvalue weighted by Crippen LogP contribution is 2.22. The Labute approximate surface area is 187 Å². The summed E-state index contributed by atoms with van der Waals surface area (Å²) in [6.45, 7) is 4.58. The minimum atomic E-state index is -0.0422. The molecular formula is C23H26ClN5O2. The molecule has 162 valence electrons. The largest absolute Gasteiger partial charge is 0.369 e. The van der Waals surface area contributed by atoms with Crippen LogP contribution in [0.3, 0.4) is 0 Å².